The number of nitrogens with two attached hydrogens (primary N) is 2. The van der Waals surface area contributed by atoms with Crippen LogP contribution in [-0.2, 0) is 4.74 Å². The van der Waals surface area contributed by atoms with Crippen molar-refractivity contribution in [1.29, 1.82) is 0 Å². The fourth-order valence-electron chi connectivity index (χ4n) is 4.86. The number of hydrazine groups is 1. The second kappa shape index (κ2) is 10.6. The van der Waals surface area contributed by atoms with Crippen molar-refractivity contribution in [2.24, 2.45) is 17.5 Å². The zero-order chi connectivity index (χ0) is 25.2. The Morgan fingerprint density at radius 2 is 1.83 bits per heavy atom. The number of pyridine rings is 1. The number of halogens is 2. The SMILES string of the molecule is CN(CC1CC(F)(F)C1)C(=O)OC/C(=C(/N)c1ccc(OC2CCCCC2)c(C2CC2)n1)N(C)N. The predicted octanol–water partition coefficient (Wildman–Crippen LogP) is 4.22. The second-order valence-corrected chi connectivity index (χ2v) is 10.3. The maximum Gasteiger partial charge on any atom is 0.409 e. The molecule has 3 saturated carbocycles. The van der Waals surface area contributed by atoms with Gasteiger partial charge in [0.1, 0.15) is 12.4 Å². The van der Waals surface area contributed by atoms with Gasteiger partial charge in [0.25, 0.3) is 0 Å². The van der Waals surface area contributed by atoms with Crippen LogP contribution in [0.1, 0.15) is 75.1 Å². The van der Waals surface area contributed by atoms with Gasteiger partial charge in [-0.25, -0.2) is 24.4 Å². The normalized spacial score (nSPS) is 21.1. The van der Waals surface area contributed by atoms with Gasteiger partial charge in [0.15, 0.2) is 0 Å². The maximum absolute atomic E-state index is 13.1. The van der Waals surface area contributed by atoms with E-state index in [1.54, 1.807) is 7.05 Å². The number of likely N-dealkylation sites (N-methyl/N-ethyl adjacent to an activating group) is 1. The third kappa shape index (κ3) is 6.54. The summed E-state index contributed by atoms with van der Waals surface area (Å²) in [5.74, 6) is 4.35. The van der Waals surface area contributed by atoms with E-state index >= 15 is 0 Å². The van der Waals surface area contributed by atoms with E-state index in [0.29, 0.717) is 23.0 Å². The van der Waals surface area contributed by atoms with E-state index < -0.39 is 12.0 Å². The number of ether oxygens (including phenoxy) is 2. The molecule has 0 radical (unpaired) electrons. The van der Waals surface area contributed by atoms with Gasteiger partial charge in [-0.3, -0.25) is 0 Å². The van der Waals surface area contributed by atoms with Gasteiger partial charge >= 0.3 is 6.09 Å². The highest BCUT2D eigenvalue weighted by molar-refractivity contribution is 5.69. The van der Waals surface area contributed by atoms with Crippen molar-refractivity contribution in [1.82, 2.24) is 14.9 Å². The summed E-state index contributed by atoms with van der Waals surface area (Å²) >= 11 is 0. The van der Waals surface area contributed by atoms with Crippen molar-refractivity contribution in [3.8, 4) is 5.75 Å². The molecule has 3 fully saturated rings. The van der Waals surface area contributed by atoms with Gasteiger partial charge < -0.3 is 25.1 Å². The molecule has 3 aliphatic rings. The lowest BCUT2D eigenvalue weighted by molar-refractivity contribution is -0.114. The van der Waals surface area contributed by atoms with E-state index in [1.807, 2.05) is 12.1 Å². The molecule has 0 aliphatic heterocycles. The average molecular weight is 494 g/mol. The minimum atomic E-state index is -2.62. The van der Waals surface area contributed by atoms with Crippen LogP contribution in [0, 0.1) is 5.92 Å². The van der Waals surface area contributed by atoms with E-state index in [9.17, 15) is 13.6 Å². The first-order valence-electron chi connectivity index (χ1n) is 12.5. The number of nitrogens with zero attached hydrogens (tertiary/aromatic N) is 3. The fraction of sp³-hybridized carbons (Fsp3) is 0.680. The Bertz CT molecular complexity index is 937. The highest BCUT2D eigenvalue weighted by atomic mass is 19.3. The smallest absolute Gasteiger partial charge is 0.409 e. The van der Waals surface area contributed by atoms with Gasteiger partial charge in [-0.15, -0.1) is 0 Å². The van der Waals surface area contributed by atoms with E-state index in [-0.39, 0.29) is 38.0 Å². The van der Waals surface area contributed by atoms with Crippen LogP contribution in [0.2, 0.25) is 0 Å². The number of hydrogen-bond acceptors (Lipinski definition) is 7. The van der Waals surface area contributed by atoms with E-state index in [2.05, 4.69) is 0 Å². The quantitative estimate of drug-likeness (QED) is 0.392. The Morgan fingerprint density at radius 1 is 1.14 bits per heavy atom. The summed E-state index contributed by atoms with van der Waals surface area (Å²) in [6.45, 7) is 0.0553. The van der Waals surface area contributed by atoms with Crippen LogP contribution in [0.3, 0.4) is 0 Å². The summed E-state index contributed by atoms with van der Waals surface area (Å²) in [5.41, 5.74) is 8.62. The van der Waals surface area contributed by atoms with Crippen molar-refractivity contribution < 1.29 is 23.0 Å². The molecule has 4 N–H and O–H groups in total. The Labute approximate surface area is 205 Å². The number of amides is 1. The number of hydrogen-bond donors (Lipinski definition) is 2. The molecule has 1 heterocycles. The molecular weight excluding hydrogens is 456 g/mol. The Kier molecular flexibility index (Phi) is 7.68. The Hall–Kier alpha value is -2.62. The lowest BCUT2D eigenvalue weighted by atomic mass is 9.81. The number of carbonyl (C=O) groups is 1. The first-order valence-corrected chi connectivity index (χ1v) is 12.5. The number of aromatic nitrogens is 1. The van der Waals surface area contributed by atoms with Gasteiger partial charge in [0.2, 0.25) is 5.92 Å². The predicted molar refractivity (Wildman–Crippen MR) is 128 cm³/mol. The maximum atomic E-state index is 13.1. The molecule has 0 atom stereocenters. The molecule has 8 nitrogen and oxygen atoms in total. The minimum Gasteiger partial charge on any atom is -0.489 e. The molecule has 194 valence electrons. The minimum absolute atomic E-state index is 0.163. The molecule has 0 bridgehead atoms. The zero-order valence-electron chi connectivity index (χ0n) is 20.6. The highest BCUT2D eigenvalue weighted by Gasteiger charge is 2.45. The van der Waals surface area contributed by atoms with Crippen molar-refractivity contribution in [2.45, 2.75) is 75.7 Å². The first-order chi connectivity index (χ1) is 16.6. The van der Waals surface area contributed by atoms with Crippen LogP contribution in [0.5, 0.6) is 5.75 Å². The molecule has 0 saturated heterocycles. The summed E-state index contributed by atoms with van der Waals surface area (Å²) in [5, 5.41) is 1.31. The summed E-state index contributed by atoms with van der Waals surface area (Å²) in [4.78, 5) is 18.5. The lowest BCUT2D eigenvalue weighted by Crippen LogP contribution is -2.43. The monoisotopic (exact) mass is 493 g/mol. The van der Waals surface area contributed by atoms with Crippen LogP contribution < -0.4 is 16.3 Å². The van der Waals surface area contributed by atoms with Crippen LogP contribution in [0.15, 0.2) is 17.8 Å². The Balaban J connectivity index is 1.43. The van der Waals surface area contributed by atoms with Crippen molar-refractivity contribution in [2.75, 3.05) is 27.2 Å². The molecule has 0 unspecified atom stereocenters. The van der Waals surface area contributed by atoms with Crippen LogP contribution in [0.4, 0.5) is 13.6 Å². The van der Waals surface area contributed by atoms with Crippen molar-refractivity contribution in [3.63, 3.8) is 0 Å². The number of carbonyl (C=O) groups excluding carboxylic acids is 1. The summed E-state index contributed by atoms with van der Waals surface area (Å²) < 4.78 is 37.8. The van der Waals surface area contributed by atoms with Crippen LogP contribution in [0.25, 0.3) is 5.70 Å². The molecule has 35 heavy (non-hydrogen) atoms. The molecule has 0 spiro atoms. The number of rotatable bonds is 9. The summed E-state index contributed by atoms with van der Waals surface area (Å²) in [6, 6.07) is 3.74. The summed E-state index contributed by atoms with van der Waals surface area (Å²) in [7, 11) is 3.14. The Morgan fingerprint density at radius 3 is 2.43 bits per heavy atom. The van der Waals surface area contributed by atoms with Gasteiger partial charge in [-0.2, -0.15) is 0 Å². The largest absolute Gasteiger partial charge is 0.489 e. The molecule has 1 aromatic rings. The van der Waals surface area contributed by atoms with Gasteiger partial charge in [0, 0.05) is 39.4 Å². The molecule has 0 aromatic carbocycles. The van der Waals surface area contributed by atoms with Crippen molar-refractivity contribution >= 4 is 11.8 Å². The molecular formula is C25H37F2N5O3. The molecule has 4 rings (SSSR count). The average Bonchev–Trinajstić information content (AvgIpc) is 3.64. The van der Waals surface area contributed by atoms with E-state index in [1.165, 1.54) is 36.2 Å². The zero-order valence-corrected chi connectivity index (χ0v) is 20.6. The van der Waals surface area contributed by atoms with Crippen LogP contribution in [-0.4, -0.2) is 60.3 Å². The fourth-order valence-corrected chi connectivity index (χ4v) is 4.86. The number of alkyl halides is 2. The third-order valence-corrected chi connectivity index (χ3v) is 7.06. The van der Waals surface area contributed by atoms with Gasteiger partial charge in [0.05, 0.1) is 28.9 Å². The van der Waals surface area contributed by atoms with E-state index in [0.717, 1.165) is 37.1 Å². The van der Waals surface area contributed by atoms with Crippen LogP contribution >= 0.6 is 0 Å². The topological polar surface area (TPSA) is 107 Å². The third-order valence-electron chi connectivity index (χ3n) is 7.06. The highest BCUT2D eigenvalue weighted by Crippen LogP contribution is 2.44. The second-order valence-electron chi connectivity index (χ2n) is 10.3. The summed E-state index contributed by atoms with van der Waals surface area (Å²) in [6.07, 6.45) is 7.13. The van der Waals surface area contributed by atoms with Crippen molar-refractivity contribution in [3.05, 3.63) is 29.2 Å². The molecule has 10 heteroatoms. The van der Waals surface area contributed by atoms with Gasteiger partial charge in [-0.05, 0) is 56.6 Å². The molecule has 3 aliphatic carbocycles. The molecule has 1 amide bonds. The first kappa shape index (κ1) is 25.5. The van der Waals surface area contributed by atoms with E-state index in [4.69, 9.17) is 26.0 Å². The lowest BCUT2D eigenvalue weighted by Gasteiger charge is -2.36. The molecule has 1 aromatic heterocycles. The van der Waals surface area contributed by atoms with Gasteiger partial charge in [-0.1, -0.05) is 6.42 Å². The standard InChI is InChI=1S/C25H37F2N5O3/c1-31(14-16-12-25(26,27)13-16)24(33)34-15-20(32(2)29)22(28)19-10-11-21(23(30-19)17-8-9-17)35-18-6-4-3-5-7-18/h10-11,16-18H,3-9,12-15,28-29H2,1-2H3/b22-20-.